The lowest BCUT2D eigenvalue weighted by Gasteiger charge is -2.49. The molecule has 4 heterocycles. The zero-order valence-corrected chi connectivity index (χ0v) is 8.07. The van der Waals surface area contributed by atoms with Crippen molar-refractivity contribution in [2.24, 2.45) is 11.1 Å². The predicted molar refractivity (Wildman–Crippen MR) is 50.6 cm³/mol. The van der Waals surface area contributed by atoms with Crippen molar-refractivity contribution in [2.75, 3.05) is 19.6 Å². The summed E-state index contributed by atoms with van der Waals surface area (Å²) >= 11 is 0. The minimum Gasteiger partial charge on any atom is -0.386 e. The second-order valence-electron chi connectivity index (χ2n) is 4.53. The quantitative estimate of drug-likeness (QED) is 0.567. The lowest BCUT2D eigenvalue weighted by molar-refractivity contribution is -0.136. The van der Waals surface area contributed by atoms with Crippen LogP contribution < -0.4 is 0 Å². The van der Waals surface area contributed by atoms with Crippen molar-refractivity contribution < 1.29 is 4.84 Å². The monoisotopic (exact) mass is 191 g/mol. The van der Waals surface area contributed by atoms with Crippen LogP contribution in [-0.4, -0.2) is 35.8 Å². The van der Waals surface area contributed by atoms with E-state index in [-0.39, 0.29) is 5.60 Å². The molecule has 4 aliphatic heterocycles. The number of hydrogen-bond acceptors (Lipinski definition) is 4. The van der Waals surface area contributed by atoms with E-state index in [1.807, 2.05) is 0 Å². The third-order valence-electron chi connectivity index (χ3n) is 3.76. The zero-order chi connectivity index (χ0) is 9.60. The van der Waals surface area contributed by atoms with Crippen molar-refractivity contribution in [1.29, 1.82) is 5.26 Å². The highest BCUT2D eigenvalue weighted by atomic mass is 16.7. The molecule has 0 aliphatic carbocycles. The summed E-state index contributed by atoms with van der Waals surface area (Å²) in [5, 5.41) is 12.7. The largest absolute Gasteiger partial charge is 0.386 e. The lowest BCUT2D eigenvalue weighted by Crippen LogP contribution is -2.59. The Hall–Kier alpha value is -1.08. The average Bonchev–Trinajstić information content (AvgIpc) is 2.63. The molecule has 3 fully saturated rings. The summed E-state index contributed by atoms with van der Waals surface area (Å²) in [6.45, 7) is 3.35. The van der Waals surface area contributed by atoms with Crippen LogP contribution in [0.3, 0.4) is 0 Å². The molecule has 0 aromatic rings. The van der Waals surface area contributed by atoms with Crippen LogP contribution in [0.1, 0.15) is 19.3 Å². The van der Waals surface area contributed by atoms with Crippen LogP contribution in [0, 0.1) is 17.2 Å². The zero-order valence-electron chi connectivity index (χ0n) is 8.07. The van der Waals surface area contributed by atoms with Gasteiger partial charge in [0.25, 0.3) is 0 Å². The first kappa shape index (κ1) is 8.25. The molecule has 4 heteroatoms. The maximum absolute atomic E-state index is 8.78. The summed E-state index contributed by atoms with van der Waals surface area (Å²) < 4.78 is 0. The maximum atomic E-state index is 8.78. The number of hydrogen-bond donors (Lipinski definition) is 0. The van der Waals surface area contributed by atoms with E-state index in [9.17, 15) is 0 Å². The van der Waals surface area contributed by atoms with Gasteiger partial charge >= 0.3 is 0 Å². The normalized spacial score (nSPS) is 44.6. The third-order valence-corrected chi connectivity index (χ3v) is 3.76. The van der Waals surface area contributed by atoms with Crippen molar-refractivity contribution in [3.8, 4) is 6.07 Å². The van der Waals surface area contributed by atoms with Crippen LogP contribution in [-0.2, 0) is 4.84 Å². The molecule has 4 rings (SSSR count). The van der Waals surface area contributed by atoms with Gasteiger partial charge in [0.15, 0.2) is 11.3 Å². The van der Waals surface area contributed by atoms with Gasteiger partial charge in [-0.15, -0.1) is 0 Å². The Balaban J connectivity index is 1.84. The maximum Gasteiger partial charge on any atom is 0.161 e. The predicted octanol–water partition coefficient (Wildman–Crippen LogP) is 0.751. The molecule has 2 bridgehead atoms. The van der Waals surface area contributed by atoms with Gasteiger partial charge in [-0.3, -0.25) is 4.90 Å². The Kier molecular flexibility index (Phi) is 1.59. The van der Waals surface area contributed by atoms with Crippen LogP contribution in [0.15, 0.2) is 5.16 Å². The molecule has 0 saturated carbocycles. The van der Waals surface area contributed by atoms with E-state index >= 15 is 0 Å². The molecule has 74 valence electrons. The van der Waals surface area contributed by atoms with E-state index in [4.69, 9.17) is 10.1 Å². The Morgan fingerprint density at radius 3 is 2.79 bits per heavy atom. The first-order valence-electron chi connectivity index (χ1n) is 5.20. The molecule has 3 saturated heterocycles. The minimum absolute atomic E-state index is 0.137. The summed E-state index contributed by atoms with van der Waals surface area (Å²) in [5.74, 6) is 0.613. The highest BCUT2D eigenvalue weighted by Gasteiger charge is 2.52. The molecule has 1 unspecified atom stereocenters. The van der Waals surface area contributed by atoms with Gasteiger partial charge in [0, 0.05) is 18.9 Å². The van der Waals surface area contributed by atoms with Crippen LogP contribution in [0.4, 0.5) is 0 Å². The molecule has 0 amide bonds. The standard InChI is InChI=1S/C10H13N3O/c11-6-9-5-10(14-12-9)7-13-3-1-8(10)2-4-13/h8H,1-5,7H2. The molecule has 1 atom stereocenters. The SMILES string of the molecule is N#CC1=NOC2(C1)CN1CCC2CC1. The van der Waals surface area contributed by atoms with Crippen LogP contribution in [0.25, 0.3) is 0 Å². The second kappa shape index (κ2) is 2.71. The van der Waals surface area contributed by atoms with E-state index in [1.165, 1.54) is 25.9 Å². The fourth-order valence-electron chi connectivity index (χ4n) is 2.98. The number of nitriles is 1. The van der Waals surface area contributed by atoms with E-state index in [0.717, 1.165) is 13.0 Å². The Morgan fingerprint density at radius 1 is 1.50 bits per heavy atom. The number of rotatable bonds is 0. The Labute approximate surface area is 83.1 Å². The smallest absolute Gasteiger partial charge is 0.161 e. The van der Waals surface area contributed by atoms with E-state index in [0.29, 0.717) is 11.6 Å². The number of fused-ring (bicyclic) bond motifs is 2. The van der Waals surface area contributed by atoms with Gasteiger partial charge in [0.2, 0.25) is 0 Å². The summed E-state index contributed by atoms with van der Waals surface area (Å²) in [7, 11) is 0. The van der Waals surface area contributed by atoms with Gasteiger partial charge < -0.3 is 4.84 Å². The third kappa shape index (κ3) is 0.992. The van der Waals surface area contributed by atoms with Crippen LogP contribution >= 0.6 is 0 Å². The number of oxime groups is 1. The van der Waals surface area contributed by atoms with Crippen LogP contribution in [0.2, 0.25) is 0 Å². The molecule has 4 aliphatic rings. The van der Waals surface area contributed by atoms with E-state index in [1.54, 1.807) is 0 Å². The van der Waals surface area contributed by atoms with Gasteiger partial charge in [-0.2, -0.15) is 5.26 Å². The fourth-order valence-corrected chi connectivity index (χ4v) is 2.98. The van der Waals surface area contributed by atoms with Gasteiger partial charge in [0.1, 0.15) is 6.07 Å². The van der Waals surface area contributed by atoms with Crippen molar-refractivity contribution in [2.45, 2.75) is 24.9 Å². The fraction of sp³-hybridized carbons (Fsp3) is 0.800. The summed E-state index contributed by atoms with van der Waals surface area (Å²) in [6.07, 6.45) is 3.13. The van der Waals surface area contributed by atoms with Crippen molar-refractivity contribution in [3.05, 3.63) is 0 Å². The Bertz CT molecular complexity index is 325. The molecule has 0 aromatic carbocycles. The number of nitrogens with zero attached hydrogens (tertiary/aromatic N) is 3. The molecular weight excluding hydrogens is 178 g/mol. The van der Waals surface area contributed by atoms with Crippen molar-refractivity contribution >= 4 is 5.71 Å². The Morgan fingerprint density at radius 2 is 2.29 bits per heavy atom. The molecular formula is C10H13N3O. The lowest BCUT2D eigenvalue weighted by atomic mass is 9.73. The van der Waals surface area contributed by atoms with Gasteiger partial charge in [-0.25, -0.2) is 0 Å². The van der Waals surface area contributed by atoms with E-state index < -0.39 is 0 Å². The molecule has 1 spiro atoms. The van der Waals surface area contributed by atoms with Gasteiger partial charge in [-0.1, -0.05) is 5.16 Å². The first-order valence-corrected chi connectivity index (χ1v) is 5.20. The van der Waals surface area contributed by atoms with Crippen molar-refractivity contribution in [1.82, 2.24) is 4.90 Å². The van der Waals surface area contributed by atoms with E-state index in [2.05, 4.69) is 16.1 Å². The van der Waals surface area contributed by atoms with Gasteiger partial charge in [-0.05, 0) is 25.9 Å². The molecule has 4 nitrogen and oxygen atoms in total. The highest BCUT2D eigenvalue weighted by molar-refractivity contribution is 5.99. The number of piperidine rings is 3. The molecule has 0 aromatic heterocycles. The van der Waals surface area contributed by atoms with Gasteiger partial charge in [0.05, 0.1) is 0 Å². The first-order chi connectivity index (χ1) is 6.82. The summed E-state index contributed by atoms with van der Waals surface area (Å²) in [4.78, 5) is 7.97. The minimum atomic E-state index is -0.137. The van der Waals surface area contributed by atoms with Crippen molar-refractivity contribution in [3.63, 3.8) is 0 Å². The van der Waals surface area contributed by atoms with Crippen LogP contribution in [0.5, 0.6) is 0 Å². The topological polar surface area (TPSA) is 48.6 Å². The average molecular weight is 191 g/mol. The summed E-state index contributed by atoms with van der Waals surface area (Å²) in [6, 6.07) is 2.10. The molecule has 0 radical (unpaired) electrons. The molecule has 14 heavy (non-hydrogen) atoms. The second-order valence-corrected chi connectivity index (χ2v) is 4.53. The molecule has 0 N–H and O–H groups in total. The highest BCUT2D eigenvalue weighted by Crippen LogP contribution is 2.43. The summed E-state index contributed by atoms with van der Waals surface area (Å²) in [5.41, 5.74) is 0.431.